The van der Waals surface area contributed by atoms with Crippen LogP contribution in [0.4, 0.5) is 15.8 Å². The zero-order valence-electron chi connectivity index (χ0n) is 17.9. The monoisotopic (exact) mass is 515 g/mol. The number of amidine groups is 1. The summed E-state index contributed by atoms with van der Waals surface area (Å²) < 4.78 is 13.2. The zero-order chi connectivity index (χ0) is 24.1. The van der Waals surface area contributed by atoms with Crippen LogP contribution in [0.15, 0.2) is 77.8 Å². The quantitative estimate of drug-likeness (QED) is 0.416. The van der Waals surface area contributed by atoms with Crippen molar-refractivity contribution < 1.29 is 14.0 Å². The fraction of sp³-hybridized carbons (Fsp3) is 0.160. The third kappa shape index (κ3) is 6.38. The average molecular weight is 516 g/mol. The third-order valence-corrected chi connectivity index (χ3v) is 6.79. The molecule has 9 heteroatoms. The number of aliphatic imine (C=N–C) groups is 1. The summed E-state index contributed by atoms with van der Waals surface area (Å²) in [6.07, 6.45) is 0.622. The van der Waals surface area contributed by atoms with Crippen LogP contribution in [0.5, 0.6) is 0 Å². The number of nitrogens with zero attached hydrogens (tertiary/aromatic N) is 2. The van der Waals surface area contributed by atoms with Gasteiger partial charge >= 0.3 is 0 Å². The molecule has 5 nitrogen and oxygen atoms in total. The summed E-state index contributed by atoms with van der Waals surface area (Å²) in [5, 5.41) is 3.66. The molecule has 1 N–H and O–H groups in total. The van der Waals surface area contributed by atoms with Crippen molar-refractivity contribution in [2.24, 2.45) is 4.99 Å². The van der Waals surface area contributed by atoms with Crippen molar-refractivity contribution in [3.05, 3.63) is 94.2 Å². The highest BCUT2D eigenvalue weighted by atomic mass is 35.5. The van der Waals surface area contributed by atoms with Gasteiger partial charge in [0, 0.05) is 28.7 Å². The molecule has 1 atom stereocenters. The Kier molecular flexibility index (Phi) is 7.88. The predicted molar refractivity (Wildman–Crippen MR) is 136 cm³/mol. The van der Waals surface area contributed by atoms with Crippen LogP contribution in [0.2, 0.25) is 10.0 Å². The number of halogens is 3. The maximum Gasteiger partial charge on any atom is 0.238 e. The van der Waals surface area contributed by atoms with Gasteiger partial charge in [0.25, 0.3) is 0 Å². The zero-order valence-corrected chi connectivity index (χ0v) is 20.2. The van der Waals surface area contributed by atoms with Crippen LogP contribution in [0.1, 0.15) is 12.0 Å². The standard InChI is InChI=1S/C25H20Cl2FN3O2S/c26-17-6-4-16(5-7-17)12-13-31-23(32)15-22(24(33)29-20-10-8-19(28)9-11-20)34-25(31)30-21-3-1-2-18(27)14-21/h1-11,14,22H,12-13,15H2,(H,29,33). The molecule has 1 saturated heterocycles. The molecule has 0 radical (unpaired) electrons. The van der Waals surface area contributed by atoms with Gasteiger partial charge in [0.2, 0.25) is 11.8 Å². The smallest absolute Gasteiger partial charge is 0.238 e. The summed E-state index contributed by atoms with van der Waals surface area (Å²) in [6, 6.07) is 19.9. The molecule has 1 fully saturated rings. The molecule has 1 aliphatic rings. The molecular weight excluding hydrogens is 496 g/mol. The van der Waals surface area contributed by atoms with E-state index in [2.05, 4.69) is 10.3 Å². The minimum Gasteiger partial charge on any atom is -0.325 e. The van der Waals surface area contributed by atoms with Gasteiger partial charge in [-0.25, -0.2) is 9.38 Å². The fourth-order valence-corrected chi connectivity index (χ4v) is 4.80. The van der Waals surface area contributed by atoms with E-state index in [1.165, 1.54) is 36.0 Å². The van der Waals surface area contributed by atoms with E-state index in [1.54, 1.807) is 41.3 Å². The van der Waals surface area contributed by atoms with Crippen LogP contribution in [0, 0.1) is 5.82 Å². The lowest BCUT2D eigenvalue weighted by Gasteiger charge is -2.32. The number of anilines is 1. The summed E-state index contributed by atoms with van der Waals surface area (Å²) in [4.78, 5) is 32.2. The first-order valence-electron chi connectivity index (χ1n) is 10.5. The Labute approximate surface area is 211 Å². The second-order valence-electron chi connectivity index (χ2n) is 7.60. The Morgan fingerprint density at radius 3 is 2.50 bits per heavy atom. The van der Waals surface area contributed by atoms with Crippen molar-refractivity contribution in [1.29, 1.82) is 0 Å². The summed E-state index contributed by atoms with van der Waals surface area (Å²) in [5.74, 6) is -0.943. The molecule has 34 heavy (non-hydrogen) atoms. The highest BCUT2D eigenvalue weighted by molar-refractivity contribution is 8.15. The molecule has 1 aliphatic heterocycles. The van der Waals surface area contributed by atoms with Gasteiger partial charge in [-0.05, 0) is 66.6 Å². The molecular formula is C25H20Cl2FN3O2S. The van der Waals surface area contributed by atoms with E-state index in [0.29, 0.717) is 39.6 Å². The second kappa shape index (κ2) is 11.0. The van der Waals surface area contributed by atoms with Crippen LogP contribution >= 0.6 is 35.0 Å². The number of amides is 2. The molecule has 0 saturated carbocycles. The van der Waals surface area contributed by atoms with E-state index < -0.39 is 11.1 Å². The van der Waals surface area contributed by atoms with Gasteiger partial charge in [-0.1, -0.05) is 53.2 Å². The predicted octanol–water partition coefficient (Wildman–Crippen LogP) is 6.34. The highest BCUT2D eigenvalue weighted by Crippen LogP contribution is 2.31. The molecule has 0 aromatic heterocycles. The van der Waals surface area contributed by atoms with E-state index in [1.807, 2.05) is 12.1 Å². The molecule has 1 heterocycles. The molecule has 0 spiro atoms. The van der Waals surface area contributed by atoms with E-state index in [4.69, 9.17) is 23.2 Å². The van der Waals surface area contributed by atoms with Gasteiger partial charge in [0.05, 0.1) is 5.69 Å². The number of thioether (sulfide) groups is 1. The van der Waals surface area contributed by atoms with Crippen LogP contribution < -0.4 is 5.32 Å². The first kappa shape index (κ1) is 24.3. The minimum atomic E-state index is -0.678. The van der Waals surface area contributed by atoms with Gasteiger partial charge in [0.15, 0.2) is 5.17 Å². The Bertz CT molecular complexity index is 1220. The van der Waals surface area contributed by atoms with E-state index >= 15 is 0 Å². The summed E-state index contributed by atoms with van der Waals surface area (Å²) in [5.41, 5.74) is 2.07. The molecule has 2 amide bonds. The number of rotatable bonds is 6. The van der Waals surface area contributed by atoms with E-state index in [9.17, 15) is 14.0 Å². The fourth-order valence-electron chi connectivity index (χ4n) is 3.37. The van der Waals surface area contributed by atoms with Gasteiger partial charge in [-0.15, -0.1) is 0 Å². The van der Waals surface area contributed by atoms with Crippen molar-refractivity contribution in [1.82, 2.24) is 4.90 Å². The number of carbonyl (C=O) groups is 2. The van der Waals surface area contributed by atoms with Crippen molar-refractivity contribution in [2.45, 2.75) is 18.1 Å². The summed E-state index contributed by atoms with van der Waals surface area (Å²) in [7, 11) is 0. The first-order valence-corrected chi connectivity index (χ1v) is 12.1. The second-order valence-corrected chi connectivity index (χ2v) is 9.65. The SMILES string of the molecule is O=C(Nc1ccc(F)cc1)C1CC(=O)N(CCc2ccc(Cl)cc2)C(=Nc2cccc(Cl)c2)S1. The van der Waals surface area contributed by atoms with Crippen molar-refractivity contribution >= 4 is 63.3 Å². The Balaban J connectivity index is 1.55. The maximum atomic E-state index is 13.2. The Hall–Kier alpha value is -2.87. The number of nitrogens with one attached hydrogen (secondary N) is 1. The minimum absolute atomic E-state index is 0.0207. The average Bonchev–Trinajstić information content (AvgIpc) is 2.81. The Morgan fingerprint density at radius 1 is 1.06 bits per heavy atom. The van der Waals surface area contributed by atoms with Crippen molar-refractivity contribution in [3.63, 3.8) is 0 Å². The number of carbonyl (C=O) groups excluding carboxylic acids is 2. The molecule has 3 aromatic rings. The van der Waals surface area contributed by atoms with Crippen LogP contribution in [-0.4, -0.2) is 33.7 Å². The van der Waals surface area contributed by atoms with Crippen molar-refractivity contribution in [3.8, 4) is 0 Å². The maximum absolute atomic E-state index is 13.2. The number of hydrogen-bond acceptors (Lipinski definition) is 4. The topological polar surface area (TPSA) is 61.8 Å². The molecule has 0 aliphatic carbocycles. The van der Waals surface area contributed by atoms with Gasteiger partial charge < -0.3 is 5.32 Å². The van der Waals surface area contributed by atoms with Crippen LogP contribution in [0.25, 0.3) is 0 Å². The third-order valence-electron chi connectivity index (χ3n) is 5.11. The highest BCUT2D eigenvalue weighted by Gasteiger charge is 2.35. The lowest BCUT2D eigenvalue weighted by atomic mass is 10.1. The summed E-state index contributed by atoms with van der Waals surface area (Å²) >= 11 is 13.3. The lowest BCUT2D eigenvalue weighted by Crippen LogP contribution is -2.46. The number of hydrogen-bond donors (Lipinski definition) is 1. The van der Waals surface area contributed by atoms with Crippen molar-refractivity contribution in [2.75, 3.05) is 11.9 Å². The largest absolute Gasteiger partial charge is 0.325 e. The van der Waals surface area contributed by atoms with Gasteiger partial charge in [0.1, 0.15) is 11.1 Å². The molecule has 174 valence electrons. The van der Waals surface area contributed by atoms with Gasteiger partial charge in [-0.2, -0.15) is 0 Å². The molecule has 0 bridgehead atoms. The van der Waals surface area contributed by atoms with Crippen LogP contribution in [0.3, 0.4) is 0 Å². The molecule has 4 rings (SSSR count). The lowest BCUT2D eigenvalue weighted by molar-refractivity contribution is -0.129. The number of benzene rings is 3. The molecule has 1 unspecified atom stereocenters. The normalized spacial score (nSPS) is 17.1. The van der Waals surface area contributed by atoms with Gasteiger partial charge in [-0.3, -0.25) is 14.5 Å². The van der Waals surface area contributed by atoms with Crippen LogP contribution in [-0.2, 0) is 16.0 Å². The Morgan fingerprint density at radius 2 is 1.79 bits per heavy atom. The van der Waals surface area contributed by atoms with E-state index in [-0.39, 0.29) is 18.2 Å². The van der Waals surface area contributed by atoms with E-state index in [0.717, 1.165) is 5.56 Å². The summed E-state index contributed by atoms with van der Waals surface area (Å²) in [6.45, 7) is 0.402. The first-order chi connectivity index (χ1) is 16.4. The molecule has 3 aromatic carbocycles.